The Morgan fingerprint density at radius 3 is 2.03 bits per heavy atom. The molecule has 3 aromatic rings. The maximum atomic E-state index is 11.2. The molecule has 0 heterocycles. The summed E-state index contributed by atoms with van der Waals surface area (Å²) in [6.45, 7) is 6.57. The Morgan fingerprint density at radius 1 is 0.750 bits per heavy atom. The van der Waals surface area contributed by atoms with E-state index in [1.807, 2.05) is 0 Å². The van der Waals surface area contributed by atoms with Gasteiger partial charge in [0, 0.05) is 11.2 Å². The lowest BCUT2D eigenvalue weighted by Crippen LogP contribution is -2.26. The minimum absolute atomic E-state index is 0.0235. The summed E-state index contributed by atoms with van der Waals surface area (Å²) in [7, 11) is 0. The van der Waals surface area contributed by atoms with Crippen LogP contribution in [-0.4, -0.2) is 14.5 Å². The number of aryl methyl sites for hydroxylation is 2. The number of hydrogen-bond acceptors (Lipinski definition) is 1. The van der Waals surface area contributed by atoms with Crippen molar-refractivity contribution in [1.29, 1.82) is 0 Å². The molecule has 3 heteroatoms. The van der Waals surface area contributed by atoms with E-state index in [0.717, 1.165) is 32.1 Å². The van der Waals surface area contributed by atoms with Gasteiger partial charge in [0.1, 0.15) is 0 Å². The Kier molecular flexibility index (Phi) is 6.97. The SMILES string of the molecule is CCCCC1(CCCCS(=O)O)c2cc(C)ccc2-c2ccc(-c3ccc(C)cc3)cc21. The monoisotopic (exact) mass is 446 g/mol. The third kappa shape index (κ3) is 4.46. The maximum absolute atomic E-state index is 11.2. The van der Waals surface area contributed by atoms with Gasteiger partial charge in [-0.1, -0.05) is 91.9 Å². The molecular weight excluding hydrogens is 412 g/mol. The topological polar surface area (TPSA) is 37.3 Å². The highest BCUT2D eigenvalue weighted by atomic mass is 32.2. The fraction of sp³-hybridized carbons (Fsp3) is 0.379. The summed E-state index contributed by atoms with van der Waals surface area (Å²) in [5.74, 6) is 0.362. The van der Waals surface area contributed by atoms with Crippen molar-refractivity contribution in [2.45, 2.75) is 64.7 Å². The summed E-state index contributed by atoms with van der Waals surface area (Å²) in [4.78, 5) is 0. The zero-order chi connectivity index (χ0) is 22.7. The van der Waals surface area contributed by atoms with Crippen LogP contribution in [0.1, 0.15) is 67.7 Å². The molecule has 168 valence electrons. The van der Waals surface area contributed by atoms with Crippen molar-refractivity contribution in [2.75, 3.05) is 5.75 Å². The lowest BCUT2D eigenvalue weighted by atomic mass is 9.70. The standard InChI is InChI=1S/C29H34O2S/c1-4-5-16-29(17-6-7-18-32(30)31)27-19-22(3)10-14-25(27)26-15-13-24(20-28(26)29)23-11-8-21(2)9-12-23/h8-15,19-20H,4-7,16-18H2,1-3H3,(H,30,31). The summed E-state index contributed by atoms with van der Waals surface area (Å²) in [6.07, 6.45) is 6.21. The minimum Gasteiger partial charge on any atom is -0.306 e. The quantitative estimate of drug-likeness (QED) is 0.269. The van der Waals surface area contributed by atoms with E-state index in [2.05, 4.69) is 81.4 Å². The number of hydrogen-bond donors (Lipinski definition) is 1. The first-order valence-electron chi connectivity index (χ1n) is 11.8. The molecule has 32 heavy (non-hydrogen) atoms. The van der Waals surface area contributed by atoms with Gasteiger partial charge in [-0.05, 0) is 72.6 Å². The predicted molar refractivity (Wildman–Crippen MR) is 137 cm³/mol. The van der Waals surface area contributed by atoms with Crippen LogP contribution in [0.15, 0.2) is 60.7 Å². The van der Waals surface area contributed by atoms with E-state index >= 15 is 0 Å². The predicted octanol–water partition coefficient (Wildman–Crippen LogP) is 7.82. The lowest BCUT2D eigenvalue weighted by molar-refractivity contribution is 0.414. The molecule has 0 aromatic heterocycles. The third-order valence-electron chi connectivity index (χ3n) is 7.03. The van der Waals surface area contributed by atoms with Crippen LogP contribution < -0.4 is 0 Å². The fourth-order valence-electron chi connectivity index (χ4n) is 5.33. The molecule has 2 nitrogen and oxygen atoms in total. The highest BCUT2D eigenvalue weighted by Crippen LogP contribution is 2.55. The van der Waals surface area contributed by atoms with Gasteiger partial charge in [0.25, 0.3) is 0 Å². The minimum atomic E-state index is -1.71. The van der Waals surface area contributed by atoms with Crippen LogP contribution >= 0.6 is 0 Å². The van der Waals surface area contributed by atoms with Crippen molar-refractivity contribution in [2.24, 2.45) is 0 Å². The molecule has 3 aromatic carbocycles. The molecule has 0 amide bonds. The van der Waals surface area contributed by atoms with Crippen LogP contribution in [0.25, 0.3) is 22.3 Å². The molecule has 0 aliphatic heterocycles. The van der Waals surface area contributed by atoms with Crippen LogP contribution in [0, 0.1) is 13.8 Å². The average molecular weight is 447 g/mol. The van der Waals surface area contributed by atoms with Gasteiger partial charge in [-0.3, -0.25) is 0 Å². The lowest BCUT2D eigenvalue weighted by Gasteiger charge is -2.33. The zero-order valence-corrected chi connectivity index (χ0v) is 20.3. The molecule has 1 aliphatic carbocycles. The first-order valence-corrected chi connectivity index (χ1v) is 13.1. The van der Waals surface area contributed by atoms with E-state index in [1.165, 1.54) is 50.9 Å². The highest BCUT2D eigenvalue weighted by molar-refractivity contribution is 7.79. The Hall–Kier alpha value is -2.23. The molecule has 0 bridgehead atoms. The molecule has 0 saturated carbocycles. The third-order valence-corrected chi connectivity index (χ3v) is 7.67. The van der Waals surface area contributed by atoms with E-state index < -0.39 is 11.1 Å². The second-order valence-corrected chi connectivity index (χ2v) is 10.4. The first-order chi connectivity index (χ1) is 15.4. The number of fused-ring (bicyclic) bond motifs is 3. The van der Waals surface area contributed by atoms with E-state index in [4.69, 9.17) is 0 Å². The van der Waals surface area contributed by atoms with Crippen molar-refractivity contribution in [3.63, 3.8) is 0 Å². The van der Waals surface area contributed by atoms with Crippen molar-refractivity contribution < 1.29 is 8.76 Å². The normalized spacial score (nSPS) is 17.8. The summed E-state index contributed by atoms with van der Waals surface area (Å²) in [5.41, 5.74) is 10.7. The van der Waals surface area contributed by atoms with Gasteiger partial charge in [-0.2, -0.15) is 0 Å². The Morgan fingerprint density at radius 2 is 1.34 bits per heavy atom. The maximum Gasteiger partial charge on any atom is 0.152 e. The van der Waals surface area contributed by atoms with Gasteiger partial charge in [0.05, 0.1) is 0 Å². The van der Waals surface area contributed by atoms with Crippen molar-refractivity contribution in [1.82, 2.24) is 0 Å². The van der Waals surface area contributed by atoms with Crippen LogP contribution in [0.2, 0.25) is 0 Å². The number of benzene rings is 3. The largest absolute Gasteiger partial charge is 0.306 e. The van der Waals surface area contributed by atoms with Gasteiger partial charge in [0.2, 0.25) is 0 Å². The van der Waals surface area contributed by atoms with Gasteiger partial charge >= 0.3 is 0 Å². The van der Waals surface area contributed by atoms with E-state index in [9.17, 15) is 8.76 Å². The molecule has 0 fully saturated rings. The van der Waals surface area contributed by atoms with Crippen LogP contribution in [0.5, 0.6) is 0 Å². The molecular formula is C29H34O2S. The Balaban J connectivity index is 1.83. The van der Waals surface area contributed by atoms with Crippen molar-refractivity contribution >= 4 is 11.1 Å². The van der Waals surface area contributed by atoms with Crippen LogP contribution in [0.3, 0.4) is 0 Å². The first kappa shape index (κ1) is 22.9. The molecule has 2 atom stereocenters. The van der Waals surface area contributed by atoms with E-state index in [1.54, 1.807) is 0 Å². The number of unbranched alkanes of at least 4 members (excludes halogenated alkanes) is 2. The molecule has 0 spiro atoms. The Bertz CT molecular complexity index is 1120. The Labute approximate surface area is 195 Å². The van der Waals surface area contributed by atoms with Gasteiger partial charge in [-0.15, -0.1) is 0 Å². The second kappa shape index (κ2) is 9.72. The van der Waals surface area contributed by atoms with E-state index in [0.29, 0.717) is 5.75 Å². The highest BCUT2D eigenvalue weighted by Gasteiger charge is 2.42. The summed E-state index contributed by atoms with van der Waals surface area (Å²) in [6, 6.07) is 22.7. The molecule has 4 rings (SSSR count). The second-order valence-electron chi connectivity index (χ2n) is 9.34. The summed E-state index contributed by atoms with van der Waals surface area (Å²) < 4.78 is 20.5. The van der Waals surface area contributed by atoms with Crippen molar-refractivity contribution in [3.8, 4) is 22.3 Å². The molecule has 1 N–H and O–H groups in total. The van der Waals surface area contributed by atoms with Gasteiger partial charge < -0.3 is 4.55 Å². The molecule has 1 aliphatic rings. The summed E-state index contributed by atoms with van der Waals surface area (Å²) >= 11 is -1.71. The van der Waals surface area contributed by atoms with Gasteiger partial charge in [-0.25, -0.2) is 4.21 Å². The molecule has 0 saturated heterocycles. The average Bonchev–Trinajstić information content (AvgIpc) is 3.04. The van der Waals surface area contributed by atoms with Crippen LogP contribution in [-0.2, 0) is 16.5 Å². The number of rotatable bonds is 9. The van der Waals surface area contributed by atoms with Crippen molar-refractivity contribution in [3.05, 3.63) is 82.9 Å². The molecule has 0 radical (unpaired) electrons. The fourth-order valence-corrected chi connectivity index (χ4v) is 5.78. The van der Waals surface area contributed by atoms with Gasteiger partial charge in [0.15, 0.2) is 11.1 Å². The summed E-state index contributed by atoms with van der Waals surface area (Å²) in [5, 5.41) is 0. The smallest absolute Gasteiger partial charge is 0.152 e. The van der Waals surface area contributed by atoms with Crippen LogP contribution in [0.4, 0.5) is 0 Å². The molecule has 2 unspecified atom stereocenters. The van der Waals surface area contributed by atoms with E-state index in [-0.39, 0.29) is 5.41 Å². The zero-order valence-electron chi connectivity index (χ0n) is 19.5.